The Morgan fingerprint density at radius 1 is 1.33 bits per heavy atom. The third kappa shape index (κ3) is 4.80. The summed E-state index contributed by atoms with van der Waals surface area (Å²) < 4.78 is 37.4. The molecule has 2 atom stereocenters. The first-order valence-electron chi connectivity index (χ1n) is 7.13. The molecule has 24 heavy (non-hydrogen) atoms. The zero-order valence-electron chi connectivity index (χ0n) is 12.5. The van der Waals surface area contributed by atoms with Gasteiger partial charge in [-0.1, -0.05) is 12.1 Å². The van der Waals surface area contributed by atoms with E-state index in [1.807, 2.05) is 0 Å². The van der Waals surface area contributed by atoms with E-state index in [1.165, 1.54) is 18.5 Å². The minimum absolute atomic E-state index is 0.152. The standard InChI is InChI=1S/C15H17F3N4O2/c16-15(17,18)10-3-1-9(2-4-10)13(23)7-21-14(24)12(19)5-11-6-20-8-22-11/h1-4,6,8,12-13,23H,5,7,19H2,(H,20,22)(H,21,24)/t12-,13?/m0/s1. The molecule has 6 nitrogen and oxygen atoms in total. The number of aromatic nitrogens is 2. The Morgan fingerprint density at radius 2 is 2.00 bits per heavy atom. The van der Waals surface area contributed by atoms with Crippen molar-refractivity contribution < 1.29 is 23.1 Å². The number of benzene rings is 1. The lowest BCUT2D eigenvalue weighted by Gasteiger charge is -2.16. The second kappa shape index (κ2) is 7.45. The van der Waals surface area contributed by atoms with Crippen molar-refractivity contribution in [2.45, 2.75) is 24.7 Å². The molecular weight excluding hydrogens is 325 g/mol. The molecule has 0 spiro atoms. The first-order valence-corrected chi connectivity index (χ1v) is 7.13. The van der Waals surface area contributed by atoms with Crippen molar-refractivity contribution in [1.82, 2.24) is 15.3 Å². The van der Waals surface area contributed by atoms with Crippen LogP contribution in [0.2, 0.25) is 0 Å². The Kier molecular flexibility index (Phi) is 5.58. The Bertz CT molecular complexity index is 656. The van der Waals surface area contributed by atoms with E-state index in [0.717, 1.165) is 12.1 Å². The number of aliphatic hydroxyl groups excluding tert-OH is 1. The summed E-state index contributed by atoms with van der Waals surface area (Å²) in [6.07, 6.45) is -2.30. The Morgan fingerprint density at radius 3 is 2.54 bits per heavy atom. The Balaban J connectivity index is 1.85. The largest absolute Gasteiger partial charge is 0.416 e. The molecule has 1 aromatic heterocycles. The topological polar surface area (TPSA) is 104 Å². The summed E-state index contributed by atoms with van der Waals surface area (Å²) in [5.41, 5.74) is 5.90. The normalized spacial score (nSPS) is 14.2. The summed E-state index contributed by atoms with van der Waals surface area (Å²) in [5.74, 6) is -0.476. The smallest absolute Gasteiger partial charge is 0.387 e. The van der Waals surface area contributed by atoms with E-state index >= 15 is 0 Å². The van der Waals surface area contributed by atoms with Gasteiger partial charge >= 0.3 is 6.18 Å². The zero-order chi connectivity index (χ0) is 17.7. The van der Waals surface area contributed by atoms with Gasteiger partial charge in [-0.25, -0.2) is 4.98 Å². The van der Waals surface area contributed by atoms with E-state index in [-0.39, 0.29) is 18.5 Å². The van der Waals surface area contributed by atoms with E-state index in [0.29, 0.717) is 5.69 Å². The molecule has 1 heterocycles. The molecule has 1 aromatic carbocycles. The minimum atomic E-state index is -4.43. The number of rotatable bonds is 6. The SMILES string of the molecule is N[C@@H](Cc1cnc[nH]1)C(=O)NCC(O)c1ccc(C(F)(F)F)cc1. The summed E-state index contributed by atoms with van der Waals surface area (Å²) in [5, 5.41) is 12.4. The number of imidazole rings is 1. The minimum Gasteiger partial charge on any atom is -0.387 e. The van der Waals surface area contributed by atoms with E-state index in [4.69, 9.17) is 5.73 Å². The van der Waals surface area contributed by atoms with Gasteiger partial charge in [-0.15, -0.1) is 0 Å². The van der Waals surface area contributed by atoms with Crippen LogP contribution in [0.15, 0.2) is 36.8 Å². The van der Waals surface area contributed by atoms with Gasteiger partial charge in [0.15, 0.2) is 0 Å². The van der Waals surface area contributed by atoms with Crippen molar-refractivity contribution in [3.05, 3.63) is 53.6 Å². The molecule has 0 radical (unpaired) electrons. The number of hydrogen-bond acceptors (Lipinski definition) is 4. The lowest BCUT2D eigenvalue weighted by Crippen LogP contribution is -2.43. The second-order valence-corrected chi connectivity index (χ2v) is 5.27. The molecular formula is C15H17F3N4O2. The highest BCUT2D eigenvalue weighted by Crippen LogP contribution is 2.29. The van der Waals surface area contributed by atoms with Gasteiger partial charge in [-0.2, -0.15) is 13.2 Å². The van der Waals surface area contributed by atoms with Gasteiger partial charge in [-0.05, 0) is 17.7 Å². The van der Waals surface area contributed by atoms with E-state index in [2.05, 4.69) is 15.3 Å². The van der Waals surface area contributed by atoms with E-state index < -0.39 is 29.8 Å². The van der Waals surface area contributed by atoms with Crippen molar-refractivity contribution in [3.63, 3.8) is 0 Å². The number of nitrogens with zero attached hydrogens (tertiary/aromatic N) is 1. The molecule has 9 heteroatoms. The Hall–Kier alpha value is -2.39. The molecule has 0 aliphatic carbocycles. The van der Waals surface area contributed by atoms with Gasteiger partial charge in [0.25, 0.3) is 0 Å². The summed E-state index contributed by atoms with van der Waals surface area (Å²) in [6, 6.07) is 3.27. The fraction of sp³-hybridized carbons (Fsp3) is 0.333. The van der Waals surface area contributed by atoms with Crippen LogP contribution in [-0.2, 0) is 17.4 Å². The van der Waals surface area contributed by atoms with Gasteiger partial charge < -0.3 is 21.1 Å². The molecule has 0 saturated heterocycles. The van der Waals surface area contributed by atoms with Gasteiger partial charge in [0, 0.05) is 24.9 Å². The van der Waals surface area contributed by atoms with E-state index in [9.17, 15) is 23.1 Å². The molecule has 0 bridgehead atoms. The van der Waals surface area contributed by atoms with Crippen molar-refractivity contribution in [2.75, 3.05) is 6.54 Å². The lowest BCUT2D eigenvalue weighted by molar-refractivity contribution is -0.137. The number of halogens is 3. The maximum Gasteiger partial charge on any atom is 0.416 e. The molecule has 0 fully saturated rings. The van der Waals surface area contributed by atoms with Crippen molar-refractivity contribution in [2.24, 2.45) is 5.73 Å². The molecule has 0 aliphatic rings. The number of H-pyrrole nitrogens is 1. The molecule has 130 valence electrons. The van der Waals surface area contributed by atoms with Crippen LogP contribution in [0, 0.1) is 0 Å². The summed E-state index contributed by atoms with van der Waals surface area (Å²) >= 11 is 0. The number of alkyl halides is 3. The van der Waals surface area contributed by atoms with E-state index in [1.54, 1.807) is 6.20 Å². The number of aromatic amines is 1. The number of nitrogens with two attached hydrogens (primary N) is 1. The lowest BCUT2D eigenvalue weighted by atomic mass is 10.1. The maximum absolute atomic E-state index is 12.5. The van der Waals surface area contributed by atoms with Crippen LogP contribution in [0.5, 0.6) is 0 Å². The van der Waals surface area contributed by atoms with Crippen LogP contribution in [0.3, 0.4) is 0 Å². The third-order valence-electron chi connectivity index (χ3n) is 3.42. The number of amides is 1. The molecule has 0 saturated carbocycles. The molecule has 2 aromatic rings. The first kappa shape index (κ1) is 18.0. The molecule has 1 unspecified atom stereocenters. The number of aliphatic hydroxyl groups is 1. The van der Waals surface area contributed by atoms with Crippen LogP contribution in [0.1, 0.15) is 22.9 Å². The van der Waals surface area contributed by atoms with Gasteiger partial charge in [-0.3, -0.25) is 4.79 Å². The molecule has 5 N–H and O–H groups in total. The van der Waals surface area contributed by atoms with Gasteiger partial charge in [0.05, 0.1) is 24.0 Å². The second-order valence-electron chi connectivity index (χ2n) is 5.27. The third-order valence-corrected chi connectivity index (χ3v) is 3.42. The van der Waals surface area contributed by atoms with Gasteiger partial charge in [0.2, 0.25) is 5.91 Å². The van der Waals surface area contributed by atoms with Crippen LogP contribution >= 0.6 is 0 Å². The predicted molar refractivity (Wildman–Crippen MR) is 79.7 cm³/mol. The monoisotopic (exact) mass is 342 g/mol. The fourth-order valence-corrected chi connectivity index (χ4v) is 2.07. The number of nitrogens with one attached hydrogen (secondary N) is 2. The average Bonchev–Trinajstić information content (AvgIpc) is 3.04. The van der Waals surface area contributed by atoms with Crippen molar-refractivity contribution >= 4 is 5.91 Å². The summed E-state index contributed by atoms with van der Waals surface area (Å²) in [4.78, 5) is 18.5. The number of carbonyl (C=O) groups excluding carboxylic acids is 1. The summed E-state index contributed by atoms with van der Waals surface area (Å²) in [7, 11) is 0. The first-order chi connectivity index (χ1) is 11.3. The van der Waals surface area contributed by atoms with Crippen LogP contribution in [0.25, 0.3) is 0 Å². The highest BCUT2D eigenvalue weighted by Gasteiger charge is 2.30. The van der Waals surface area contributed by atoms with Crippen molar-refractivity contribution in [1.29, 1.82) is 0 Å². The van der Waals surface area contributed by atoms with Gasteiger partial charge in [0.1, 0.15) is 0 Å². The number of hydrogen-bond donors (Lipinski definition) is 4. The highest BCUT2D eigenvalue weighted by atomic mass is 19.4. The highest BCUT2D eigenvalue weighted by molar-refractivity contribution is 5.81. The summed E-state index contributed by atoms with van der Waals surface area (Å²) in [6.45, 7) is -0.152. The maximum atomic E-state index is 12.5. The van der Waals surface area contributed by atoms with Crippen LogP contribution < -0.4 is 11.1 Å². The Labute approximate surface area is 135 Å². The quantitative estimate of drug-likeness (QED) is 0.632. The molecule has 1 amide bonds. The average molecular weight is 342 g/mol. The fourth-order valence-electron chi connectivity index (χ4n) is 2.07. The van der Waals surface area contributed by atoms with Crippen molar-refractivity contribution in [3.8, 4) is 0 Å². The van der Waals surface area contributed by atoms with Crippen LogP contribution in [-0.4, -0.2) is 33.6 Å². The molecule has 0 aliphatic heterocycles. The number of carbonyl (C=O) groups is 1. The molecule has 2 rings (SSSR count). The predicted octanol–water partition coefficient (Wildman–Crippen LogP) is 1.15. The van der Waals surface area contributed by atoms with Crippen LogP contribution in [0.4, 0.5) is 13.2 Å². The zero-order valence-corrected chi connectivity index (χ0v) is 12.5.